The fraction of sp³-hybridized carbons (Fsp3) is 0.385. The van der Waals surface area contributed by atoms with Crippen molar-refractivity contribution in [3.8, 4) is 11.1 Å². The zero-order valence-electron chi connectivity index (χ0n) is 20.0. The number of esters is 1. The molecule has 1 heterocycles. The lowest BCUT2D eigenvalue weighted by Crippen LogP contribution is -2.53. The standard InChI is InChI=1S/C26H29N3O6/c1-26(2,3)35-24(32)23(31)29-14-8-13-21(29)22(30)27-28-25(33)34-15-20-18-11-6-4-9-16(18)17-10-5-7-12-19(17)20/h4-7,9-12,20-21H,8,13-15H2,1-3H3,(H,27,30)(H,28,33)/t21-/m0/s1. The largest absolute Gasteiger partial charge is 0.453 e. The summed E-state index contributed by atoms with van der Waals surface area (Å²) in [4.78, 5) is 50.7. The van der Waals surface area contributed by atoms with E-state index in [0.29, 0.717) is 12.8 Å². The number of hydrogen-bond donors (Lipinski definition) is 2. The Kier molecular flexibility index (Phi) is 6.77. The maximum absolute atomic E-state index is 12.6. The third kappa shape index (κ3) is 5.29. The Morgan fingerprint density at radius 3 is 2.14 bits per heavy atom. The van der Waals surface area contributed by atoms with Gasteiger partial charge in [-0.1, -0.05) is 48.5 Å². The fourth-order valence-corrected chi connectivity index (χ4v) is 4.55. The number of ether oxygens (including phenoxy) is 2. The molecule has 1 atom stereocenters. The van der Waals surface area contributed by atoms with Gasteiger partial charge in [0.1, 0.15) is 18.2 Å². The Morgan fingerprint density at radius 1 is 0.943 bits per heavy atom. The average molecular weight is 480 g/mol. The van der Waals surface area contributed by atoms with E-state index in [0.717, 1.165) is 22.3 Å². The number of carbonyl (C=O) groups is 4. The molecule has 2 aromatic carbocycles. The van der Waals surface area contributed by atoms with Crippen molar-refractivity contribution in [2.75, 3.05) is 13.2 Å². The summed E-state index contributed by atoms with van der Waals surface area (Å²) < 4.78 is 10.5. The molecule has 1 fully saturated rings. The van der Waals surface area contributed by atoms with Gasteiger partial charge in [-0.3, -0.25) is 15.0 Å². The van der Waals surface area contributed by atoms with E-state index >= 15 is 0 Å². The lowest BCUT2D eigenvalue weighted by Gasteiger charge is -2.25. The van der Waals surface area contributed by atoms with E-state index in [1.165, 1.54) is 4.90 Å². The molecule has 0 spiro atoms. The highest BCUT2D eigenvalue weighted by Gasteiger charge is 2.39. The first-order valence-corrected chi connectivity index (χ1v) is 11.6. The van der Waals surface area contributed by atoms with E-state index in [2.05, 4.69) is 10.9 Å². The van der Waals surface area contributed by atoms with Crippen LogP contribution in [0.2, 0.25) is 0 Å². The van der Waals surface area contributed by atoms with Crippen molar-refractivity contribution >= 4 is 23.9 Å². The number of nitrogens with zero attached hydrogens (tertiary/aromatic N) is 1. The summed E-state index contributed by atoms with van der Waals surface area (Å²) in [6.07, 6.45) is 0.104. The number of hydrogen-bond acceptors (Lipinski definition) is 6. The zero-order valence-corrected chi connectivity index (χ0v) is 20.0. The number of likely N-dealkylation sites (tertiary alicyclic amines) is 1. The molecule has 0 radical (unpaired) electrons. The molecule has 184 valence electrons. The van der Waals surface area contributed by atoms with Gasteiger partial charge in [0.25, 0.3) is 5.91 Å². The lowest BCUT2D eigenvalue weighted by atomic mass is 9.98. The number of amides is 3. The number of benzene rings is 2. The van der Waals surface area contributed by atoms with Crippen LogP contribution in [0.25, 0.3) is 11.1 Å². The Hall–Kier alpha value is -3.88. The average Bonchev–Trinajstić information content (AvgIpc) is 3.43. The summed E-state index contributed by atoms with van der Waals surface area (Å²) in [7, 11) is 0. The third-order valence-electron chi connectivity index (χ3n) is 6.02. The van der Waals surface area contributed by atoms with Crippen molar-refractivity contribution in [2.24, 2.45) is 0 Å². The van der Waals surface area contributed by atoms with Gasteiger partial charge >= 0.3 is 18.0 Å². The van der Waals surface area contributed by atoms with E-state index in [4.69, 9.17) is 9.47 Å². The van der Waals surface area contributed by atoms with Crippen LogP contribution in [0.15, 0.2) is 48.5 Å². The molecule has 3 amide bonds. The van der Waals surface area contributed by atoms with Gasteiger partial charge in [0, 0.05) is 12.5 Å². The van der Waals surface area contributed by atoms with Crippen LogP contribution in [-0.4, -0.2) is 53.6 Å². The van der Waals surface area contributed by atoms with E-state index in [9.17, 15) is 19.2 Å². The van der Waals surface area contributed by atoms with Gasteiger partial charge < -0.3 is 14.4 Å². The second-order valence-electron chi connectivity index (χ2n) is 9.60. The number of hydrazine groups is 1. The second kappa shape index (κ2) is 9.77. The summed E-state index contributed by atoms with van der Waals surface area (Å²) in [5.41, 5.74) is 8.10. The van der Waals surface area contributed by atoms with Gasteiger partial charge in [-0.15, -0.1) is 0 Å². The summed E-state index contributed by atoms with van der Waals surface area (Å²) in [6.45, 7) is 5.32. The molecule has 0 saturated carbocycles. The fourth-order valence-electron chi connectivity index (χ4n) is 4.55. The number of carbonyl (C=O) groups excluding carboxylic acids is 4. The first kappa shape index (κ1) is 24.3. The SMILES string of the molecule is CC(C)(C)OC(=O)C(=O)N1CCC[C@H]1C(=O)NNC(=O)OCC1c2ccccc2-c2ccccc21. The highest BCUT2D eigenvalue weighted by molar-refractivity contribution is 6.33. The molecular formula is C26H29N3O6. The predicted molar refractivity (Wildman–Crippen MR) is 127 cm³/mol. The number of nitrogens with one attached hydrogen (secondary N) is 2. The second-order valence-corrected chi connectivity index (χ2v) is 9.60. The third-order valence-corrected chi connectivity index (χ3v) is 6.02. The summed E-state index contributed by atoms with van der Waals surface area (Å²) in [6, 6.07) is 15.1. The van der Waals surface area contributed by atoms with Crippen LogP contribution < -0.4 is 10.9 Å². The van der Waals surface area contributed by atoms with Crippen molar-refractivity contribution in [1.82, 2.24) is 15.8 Å². The number of fused-ring (bicyclic) bond motifs is 3. The molecule has 0 unspecified atom stereocenters. The molecule has 2 aliphatic rings. The van der Waals surface area contributed by atoms with E-state index in [1.54, 1.807) is 20.8 Å². The quantitative estimate of drug-likeness (QED) is 0.398. The van der Waals surface area contributed by atoms with Crippen LogP contribution >= 0.6 is 0 Å². The maximum atomic E-state index is 12.6. The van der Waals surface area contributed by atoms with E-state index in [1.807, 2.05) is 48.5 Å². The molecule has 0 aromatic heterocycles. The van der Waals surface area contributed by atoms with Crippen molar-refractivity contribution < 1.29 is 28.7 Å². The van der Waals surface area contributed by atoms with E-state index < -0.39 is 35.5 Å². The molecule has 9 nitrogen and oxygen atoms in total. The molecular weight excluding hydrogens is 450 g/mol. The Balaban J connectivity index is 1.31. The predicted octanol–water partition coefficient (Wildman–Crippen LogP) is 2.89. The topological polar surface area (TPSA) is 114 Å². The summed E-state index contributed by atoms with van der Waals surface area (Å²) >= 11 is 0. The summed E-state index contributed by atoms with van der Waals surface area (Å²) in [5.74, 6) is -2.60. The van der Waals surface area contributed by atoms with Gasteiger partial charge in [0.15, 0.2) is 0 Å². The first-order chi connectivity index (χ1) is 16.7. The normalized spacial score (nSPS) is 16.8. The van der Waals surface area contributed by atoms with Crippen molar-refractivity contribution in [1.29, 1.82) is 0 Å². The molecule has 2 aromatic rings. The number of rotatable bonds is 3. The molecule has 1 saturated heterocycles. The van der Waals surface area contributed by atoms with Gasteiger partial charge in [-0.25, -0.2) is 15.0 Å². The van der Waals surface area contributed by atoms with Gasteiger partial charge in [0.05, 0.1) is 0 Å². The van der Waals surface area contributed by atoms with Crippen LogP contribution in [0.3, 0.4) is 0 Å². The molecule has 1 aliphatic carbocycles. The van der Waals surface area contributed by atoms with Gasteiger partial charge in [-0.05, 0) is 55.9 Å². The molecule has 35 heavy (non-hydrogen) atoms. The molecule has 2 N–H and O–H groups in total. The van der Waals surface area contributed by atoms with Gasteiger partial charge in [-0.2, -0.15) is 0 Å². The smallest absolute Gasteiger partial charge is 0.426 e. The van der Waals surface area contributed by atoms with Gasteiger partial charge in [0.2, 0.25) is 0 Å². The molecule has 1 aliphatic heterocycles. The zero-order chi connectivity index (χ0) is 25.2. The maximum Gasteiger partial charge on any atom is 0.426 e. The van der Waals surface area contributed by atoms with Crippen LogP contribution in [0, 0.1) is 0 Å². The van der Waals surface area contributed by atoms with Crippen molar-refractivity contribution in [3.63, 3.8) is 0 Å². The van der Waals surface area contributed by atoms with Crippen LogP contribution in [0.5, 0.6) is 0 Å². The van der Waals surface area contributed by atoms with E-state index in [-0.39, 0.29) is 19.1 Å². The Bertz CT molecular complexity index is 1110. The first-order valence-electron chi connectivity index (χ1n) is 11.6. The van der Waals surface area contributed by atoms with Crippen LogP contribution in [0.4, 0.5) is 4.79 Å². The Morgan fingerprint density at radius 2 is 1.54 bits per heavy atom. The van der Waals surface area contributed by atoms with Crippen LogP contribution in [-0.2, 0) is 23.9 Å². The minimum absolute atomic E-state index is 0.0996. The van der Waals surface area contributed by atoms with Crippen molar-refractivity contribution in [2.45, 2.75) is 51.2 Å². The minimum Gasteiger partial charge on any atom is -0.453 e. The molecule has 0 bridgehead atoms. The van der Waals surface area contributed by atoms with Crippen molar-refractivity contribution in [3.05, 3.63) is 59.7 Å². The Labute approximate surface area is 203 Å². The highest BCUT2D eigenvalue weighted by atomic mass is 16.6. The highest BCUT2D eigenvalue weighted by Crippen LogP contribution is 2.44. The summed E-state index contributed by atoms with van der Waals surface area (Å²) in [5, 5.41) is 0. The van der Waals surface area contributed by atoms with Crippen LogP contribution in [0.1, 0.15) is 50.7 Å². The molecule has 9 heteroatoms. The molecule has 4 rings (SSSR count). The lowest BCUT2D eigenvalue weighted by molar-refractivity contribution is -0.168. The minimum atomic E-state index is -1.01. The monoisotopic (exact) mass is 479 g/mol.